The van der Waals surface area contributed by atoms with Crippen molar-refractivity contribution in [2.45, 2.75) is 67.1 Å². The number of rotatable bonds is 7. The average molecular weight is 546 g/mol. The predicted molar refractivity (Wildman–Crippen MR) is 123 cm³/mol. The second kappa shape index (κ2) is 9.46. The minimum absolute atomic E-state index is 0. The van der Waals surface area contributed by atoms with E-state index in [4.69, 9.17) is 0 Å². The zero-order chi connectivity index (χ0) is 20.2. The molecular formula is C27H31Cl2SiZr. The Labute approximate surface area is 216 Å². The van der Waals surface area contributed by atoms with Crippen LogP contribution >= 0.6 is 0 Å². The molecule has 0 bridgehead atoms. The van der Waals surface area contributed by atoms with Gasteiger partial charge in [-0.1, -0.05) is 0 Å². The zero-order valence-corrected chi connectivity index (χ0v) is 23.7. The van der Waals surface area contributed by atoms with Crippen molar-refractivity contribution in [1.82, 2.24) is 0 Å². The van der Waals surface area contributed by atoms with Crippen LogP contribution in [0.5, 0.6) is 0 Å². The van der Waals surface area contributed by atoms with Crippen LogP contribution in [0.2, 0.25) is 16.2 Å². The van der Waals surface area contributed by atoms with Crippen molar-refractivity contribution >= 4 is 19.3 Å². The summed E-state index contributed by atoms with van der Waals surface area (Å²) in [6, 6.07) is 18.3. The Balaban J connectivity index is 0.00000136. The molecule has 0 amide bonds. The van der Waals surface area contributed by atoms with Crippen molar-refractivity contribution < 1.29 is 49.5 Å². The van der Waals surface area contributed by atoms with Crippen LogP contribution in [-0.4, -0.2) is 8.07 Å². The van der Waals surface area contributed by atoms with E-state index in [9.17, 15) is 0 Å². The Bertz CT molecular complexity index is 1030. The van der Waals surface area contributed by atoms with Crippen LogP contribution in [0.25, 0.3) is 11.3 Å². The van der Waals surface area contributed by atoms with Gasteiger partial charge in [0.1, 0.15) is 0 Å². The second-order valence-electron chi connectivity index (χ2n) is 9.86. The van der Waals surface area contributed by atoms with Gasteiger partial charge in [-0.05, 0) is 0 Å². The van der Waals surface area contributed by atoms with E-state index in [0.717, 1.165) is 5.92 Å². The molecule has 3 atom stereocenters. The van der Waals surface area contributed by atoms with Crippen molar-refractivity contribution in [3.05, 3.63) is 82.1 Å². The Kier molecular flexibility index (Phi) is 7.70. The number of fused-ring (bicyclic) bond motifs is 3. The maximum atomic E-state index is 2.56. The quantitative estimate of drug-likeness (QED) is 0.466. The van der Waals surface area contributed by atoms with Crippen LogP contribution in [0.3, 0.4) is 0 Å². The van der Waals surface area contributed by atoms with E-state index in [-0.39, 0.29) is 24.8 Å². The van der Waals surface area contributed by atoms with Crippen LogP contribution in [0.15, 0.2) is 59.8 Å². The van der Waals surface area contributed by atoms with Gasteiger partial charge in [-0.3, -0.25) is 0 Å². The number of halogens is 2. The SMILES string of the molecule is CC[C]([Zr+2])(CCC1C=Cc2ccccc21)CCC1C2=C(c3ccccc31)[Si]2(C)C.[Cl-].[Cl-]. The fraction of sp³-hybridized carbons (Fsp3) is 0.407. The summed E-state index contributed by atoms with van der Waals surface area (Å²) in [5.41, 5.74) is 6.24. The number of benzene rings is 2. The van der Waals surface area contributed by atoms with Gasteiger partial charge < -0.3 is 24.8 Å². The molecule has 3 aliphatic rings. The monoisotopic (exact) mass is 543 g/mol. The molecule has 0 N–H and O–H groups in total. The molecule has 1 heterocycles. The first kappa shape index (κ1) is 25.2. The van der Waals surface area contributed by atoms with Crippen molar-refractivity contribution in [3.63, 3.8) is 0 Å². The molecule has 2 aromatic rings. The van der Waals surface area contributed by atoms with Gasteiger partial charge in [0.25, 0.3) is 0 Å². The van der Waals surface area contributed by atoms with Gasteiger partial charge in [0.05, 0.1) is 0 Å². The first-order valence-corrected chi connectivity index (χ1v) is 15.5. The molecule has 0 nitrogen and oxygen atoms in total. The molecule has 4 heteroatoms. The van der Waals surface area contributed by atoms with Crippen molar-refractivity contribution in [1.29, 1.82) is 0 Å². The summed E-state index contributed by atoms with van der Waals surface area (Å²) in [5.74, 6) is 1.37. The molecular weight excluding hydrogens is 515 g/mol. The summed E-state index contributed by atoms with van der Waals surface area (Å²) in [6.45, 7) is 7.56. The Morgan fingerprint density at radius 3 is 2.29 bits per heavy atom. The molecule has 1 aliphatic heterocycles. The minimum atomic E-state index is -1.18. The Hall–Kier alpha value is -0.400. The smallest absolute Gasteiger partial charge is 1.00 e. The summed E-state index contributed by atoms with van der Waals surface area (Å²) < 4.78 is 0.539. The summed E-state index contributed by atoms with van der Waals surface area (Å²) in [6.07, 6.45) is 11.5. The Morgan fingerprint density at radius 2 is 1.55 bits per heavy atom. The van der Waals surface area contributed by atoms with Crippen LogP contribution in [0.4, 0.5) is 0 Å². The third-order valence-electron chi connectivity index (χ3n) is 7.88. The predicted octanol–water partition coefficient (Wildman–Crippen LogP) is 1.83. The van der Waals surface area contributed by atoms with Crippen LogP contribution in [-0.2, 0) is 24.7 Å². The van der Waals surface area contributed by atoms with Gasteiger partial charge >= 0.3 is 193 Å². The van der Waals surface area contributed by atoms with Crippen LogP contribution in [0.1, 0.15) is 73.1 Å². The topological polar surface area (TPSA) is 0 Å². The standard InChI is InChI=1S/C27H31Si.2ClH.Zr/c1-4-19(13-15-21-17-16-20-9-5-6-10-22(20)21)14-18-25-23-11-7-8-12-24(23)26-27(25)28(26,2)3;;;/h5-12,16-17,21,25H,4,13-15,18H2,1-3H3;2*1H;/q;;;+2/p-2. The van der Waals surface area contributed by atoms with Gasteiger partial charge in [0.2, 0.25) is 0 Å². The molecule has 0 saturated carbocycles. The number of hydrogen-bond donors (Lipinski definition) is 0. The molecule has 0 aromatic heterocycles. The molecule has 2 aliphatic carbocycles. The Morgan fingerprint density at radius 1 is 0.903 bits per heavy atom. The van der Waals surface area contributed by atoms with E-state index in [1.807, 2.05) is 5.20 Å². The molecule has 5 rings (SSSR count). The van der Waals surface area contributed by atoms with E-state index in [0.29, 0.717) is 9.04 Å². The summed E-state index contributed by atoms with van der Waals surface area (Å²) in [4.78, 5) is 0. The summed E-state index contributed by atoms with van der Waals surface area (Å²) in [7, 11) is -1.18. The molecule has 0 fully saturated rings. The second-order valence-corrected chi connectivity index (χ2v) is 16.8. The maximum absolute atomic E-state index is 2.56. The van der Waals surface area contributed by atoms with E-state index in [1.54, 1.807) is 46.6 Å². The largest absolute Gasteiger partial charge is 1.00 e. The van der Waals surface area contributed by atoms with E-state index in [1.165, 1.54) is 37.7 Å². The van der Waals surface area contributed by atoms with Gasteiger partial charge in [-0.15, -0.1) is 0 Å². The molecule has 0 spiro atoms. The molecule has 2 aromatic carbocycles. The first-order chi connectivity index (χ1) is 13.9. The number of allylic oxidation sites excluding steroid dienone is 2. The first-order valence-electron chi connectivity index (χ1n) is 11.3. The fourth-order valence-corrected chi connectivity index (χ4v) is 10.8. The van der Waals surface area contributed by atoms with Crippen molar-refractivity contribution in [3.8, 4) is 0 Å². The molecule has 0 saturated heterocycles. The van der Waals surface area contributed by atoms with Crippen molar-refractivity contribution in [2.75, 3.05) is 0 Å². The molecule has 161 valence electrons. The van der Waals surface area contributed by atoms with Gasteiger partial charge in [-0.25, -0.2) is 0 Å². The maximum Gasteiger partial charge on any atom is -1.00 e. The van der Waals surface area contributed by atoms with Gasteiger partial charge in [0, 0.05) is 0 Å². The minimum Gasteiger partial charge on any atom is -1.00 e. The fourth-order valence-electron chi connectivity index (χ4n) is 5.98. The van der Waals surface area contributed by atoms with Gasteiger partial charge in [0.15, 0.2) is 0 Å². The normalized spacial score (nSPS) is 23.3. The third kappa shape index (κ3) is 4.40. The molecule has 31 heavy (non-hydrogen) atoms. The van der Waals surface area contributed by atoms with E-state index >= 15 is 0 Å². The zero-order valence-electron chi connectivity index (χ0n) is 18.7. The van der Waals surface area contributed by atoms with Crippen LogP contribution < -0.4 is 24.8 Å². The van der Waals surface area contributed by atoms with Crippen molar-refractivity contribution in [2.24, 2.45) is 0 Å². The molecule has 0 radical (unpaired) electrons. The van der Waals surface area contributed by atoms with Crippen LogP contribution in [0, 0.1) is 0 Å². The average Bonchev–Trinajstić information content (AvgIpc) is 3.04. The molecule has 3 unspecified atom stereocenters. The third-order valence-corrected chi connectivity index (χ3v) is 13.5. The summed E-state index contributed by atoms with van der Waals surface area (Å²) in [5, 5.41) is 3.69. The van der Waals surface area contributed by atoms with E-state index < -0.39 is 8.07 Å². The van der Waals surface area contributed by atoms with Gasteiger partial charge in [-0.2, -0.15) is 0 Å². The summed E-state index contributed by atoms with van der Waals surface area (Å²) >= 11 is 1.74. The number of hydrogen-bond acceptors (Lipinski definition) is 0. The van der Waals surface area contributed by atoms with E-state index in [2.05, 4.69) is 80.7 Å².